The number of anilines is 1. The standard InChI is InChI=1S/C18H18N2O3/c1-13(19-23)11-18(22)15-9-5-6-10-16(15)20(17(18)21)12-14-7-3-2-4-8-14/h2-10,19,22-23H,1,11-12H2. The number of hydrogen-bond acceptors (Lipinski definition) is 4. The van der Waals surface area contributed by atoms with Crippen molar-refractivity contribution in [3.05, 3.63) is 78.0 Å². The van der Waals surface area contributed by atoms with E-state index < -0.39 is 11.5 Å². The molecule has 2 aromatic rings. The predicted octanol–water partition coefficient (Wildman–Crippen LogP) is 2.30. The number of aliphatic hydroxyl groups is 1. The number of nitrogens with zero attached hydrogens (tertiary/aromatic N) is 1. The fraction of sp³-hybridized carbons (Fsp3) is 0.167. The predicted molar refractivity (Wildman–Crippen MR) is 86.7 cm³/mol. The molecule has 23 heavy (non-hydrogen) atoms. The number of carbonyl (C=O) groups is 1. The van der Waals surface area contributed by atoms with Gasteiger partial charge in [0.15, 0.2) is 5.60 Å². The van der Waals surface area contributed by atoms with E-state index in [1.807, 2.05) is 47.9 Å². The molecule has 0 aromatic heterocycles. The Bertz CT molecular complexity index is 745. The summed E-state index contributed by atoms with van der Waals surface area (Å²) in [5, 5.41) is 19.9. The molecule has 2 aromatic carbocycles. The van der Waals surface area contributed by atoms with E-state index >= 15 is 0 Å². The Morgan fingerprint density at radius 2 is 1.78 bits per heavy atom. The molecule has 0 saturated carbocycles. The summed E-state index contributed by atoms with van der Waals surface area (Å²) in [7, 11) is 0. The Morgan fingerprint density at radius 1 is 1.13 bits per heavy atom. The SMILES string of the molecule is C=C(CC1(O)C(=O)N(Cc2ccccc2)c2ccccc21)NO. The second-order valence-electron chi connectivity index (χ2n) is 5.65. The maximum atomic E-state index is 12.9. The molecule has 1 heterocycles. The Kier molecular flexibility index (Phi) is 3.90. The van der Waals surface area contributed by atoms with Crippen LogP contribution in [0.1, 0.15) is 17.5 Å². The fourth-order valence-electron chi connectivity index (χ4n) is 2.95. The number of rotatable bonds is 5. The highest BCUT2D eigenvalue weighted by molar-refractivity contribution is 6.06. The molecule has 3 rings (SSSR count). The lowest BCUT2D eigenvalue weighted by atomic mass is 9.91. The summed E-state index contributed by atoms with van der Waals surface area (Å²) in [6, 6.07) is 16.7. The van der Waals surface area contributed by atoms with E-state index in [2.05, 4.69) is 6.58 Å². The van der Waals surface area contributed by atoms with E-state index in [-0.39, 0.29) is 12.1 Å². The highest BCUT2D eigenvalue weighted by atomic mass is 16.5. The Hall–Kier alpha value is -2.63. The number of benzene rings is 2. The minimum absolute atomic E-state index is 0.0926. The first-order valence-corrected chi connectivity index (χ1v) is 7.32. The van der Waals surface area contributed by atoms with Crippen LogP contribution in [0.2, 0.25) is 0 Å². The average molecular weight is 310 g/mol. The summed E-state index contributed by atoms with van der Waals surface area (Å²) in [6.45, 7) is 3.98. The molecule has 0 radical (unpaired) electrons. The number of hydroxylamine groups is 1. The van der Waals surface area contributed by atoms with Crippen LogP contribution in [0, 0.1) is 0 Å². The molecule has 0 saturated heterocycles. The first-order valence-electron chi connectivity index (χ1n) is 7.32. The maximum absolute atomic E-state index is 12.9. The van der Waals surface area contributed by atoms with Crippen molar-refractivity contribution < 1.29 is 15.1 Å². The van der Waals surface area contributed by atoms with Gasteiger partial charge in [-0.05, 0) is 11.6 Å². The zero-order chi connectivity index (χ0) is 16.4. The van der Waals surface area contributed by atoms with Crippen molar-refractivity contribution in [2.75, 3.05) is 4.90 Å². The van der Waals surface area contributed by atoms with Gasteiger partial charge in [-0.25, -0.2) is 0 Å². The normalized spacial score (nSPS) is 19.6. The third kappa shape index (κ3) is 2.60. The van der Waals surface area contributed by atoms with Crippen molar-refractivity contribution in [1.82, 2.24) is 5.48 Å². The van der Waals surface area contributed by atoms with Crippen molar-refractivity contribution in [2.24, 2.45) is 0 Å². The van der Waals surface area contributed by atoms with Crippen molar-refractivity contribution >= 4 is 11.6 Å². The minimum Gasteiger partial charge on any atom is -0.375 e. The number of carbonyl (C=O) groups excluding carboxylic acids is 1. The highest BCUT2D eigenvalue weighted by Gasteiger charge is 2.49. The number of para-hydroxylation sites is 1. The van der Waals surface area contributed by atoms with Crippen LogP contribution in [0.25, 0.3) is 0 Å². The summed E-state index contributed by atoms with van der Waals surface area (Å²) in [5.41, 5.74) is 2.53. The molecule has 118 valence electrons. The molecule has 0 bridgehead atoms. The summed E-state index contributed by atoms with van der Waals surface area (Å²) in [4.78, 5) is 14.4. The first-order chi connectivity index (χ1) is 11.1. The number of fused-ring (bicyclic) bond motifs is 1. The molecule has 5 nitrogen and oxygen atoms in total. The van der Waals surface area contributed by atoms with Gasteiger partial charge >= 0.3 is 0 Å². The molecular formula is C18H18N2O3. The van der Waals surface area contributed by atoms with Crippen LogP contribution < -0.4 is 10.4 Å². The van der Waals surface area contributed by atoms with Crippen molar-refractivity contribution in [3.63, 3.8) is 0 Å². The van der Waals surface area contributed by atoms with Gasteiger partial charge in [0.25, 0.3) is 5.91 Å². The molecule has 0 aliphatic carbocycles. The van der Waals surface area contributed by atoms with Crippen LogP contribution in [-0.2, 0) is 16.9 Å². The van der Waals surface area contributed by atoms with Gasteiger partial charge in [-0.3, -0.25) is 15.5 Å². The fourth-order valence-corrected chi connectivity index (χ4v) is 2.95. The van der Waals surface area contributed by atoms with Gasteiger partial charge in [-0.15, -0.1) is 0 Å². The largest absolute Gasteiger partial charge is 0.375 e. The van der Waals surface area contributed by atoms with Crippen LogP contribution in [0.5, 0.6) is 0 Å². The zero-order valence-electron chi connectivity index (χ0n) is 12.6. The Labute approximate surface area is 134 Å². The number of hydrogen-bond donors (Lipinski definition) is 3. The van der Waals surface area contributed by atoms with E-state index in [0.717, 1.165) is 5.56 Å². The van der Waals surface area contributed by atoms with Gasteiger partial charge in [0.1, 0.15) is 0 Å². The van der Waals surface area contributed by atoms with Gasteiger partial charge < -0.3 is 10.0 Å². The highest BCUT2D eigenvalue weighted by Crippen LogP contribution is 2.43. The van der Waals surface area contributed by atoms with E-state index in [1.165, 1.54) is 0 Å². The van der Waals surface area contributed by atoms with Crippen LogP contribution in [-0.4, -0.2) is 16.2 Å². The van der Waals surface area contributed by atoms with Crippen molar-refractivity contribution in [2.45, 2.75) is 18.6 Å². The summed E-state index contributed by atoms with van der Waals surface area (Å²) in [5.74, 6) is -0.418. The Balaban J connectivity index is 2.00. The van der Waals surface area contributed by atoms with E-state index in [1.54, 1.807) is 17.0 Å². The summed E-state index contributed by atoms with van der Waals surface area (Å²) >= 11 is 0. The second kappa shape index (κ2) is 5.87. The molecule has 3 N–H and O–H groups in total. The van der Waals surface area contributed by atoms with E-state index in [0.29, 0.717) is 17.8 Å². The lowest BCUT2D eigenvalue weighted by molar-refractivity contribution is -0.136. The van der Waals surface area contributed by atoms with E-state index in [9.17, 15) is 9.90 Å². The molecular weight excluding hydrogens is 292 g/mol. The van der Waals surface area contributed by atoms with Crippen molar-refractivity contribution in [1.29, 1.82) is 0 Å². The molecule has 0 spiro atoms. The third-order valence-corrected chi connectivity index (χ3v) is 4.05. The van der Waals surface area contributed by atoms with Crippen LogP contribution in [0.4, 0.5) is 5.69 Å². The lowest BCUT2D eigenvalue weighted by Gasteiger charge is -2.23. The molecule has 1 unspecified atom stereocenters. The van der Waals surface area contributed by atoms with Gasteiger partial charge in [0.05, 0.1) is 12.2 Å². The smallest absolute Gasteiger partial charge is 0.264 e. The Morgan fingerprint density at radius 3 is 2.48 bits per heavy atom. The first kappa shape index (κ1) is 15.3. The molecule has 1 amide bonds. The number of amides is 1. The van der Waals surface area contributed by atoms with Crippen molar-refractivity contribution in [3.8, 4) is 0 Å². The van der Waals surface area contributed by atoms with Gasteiger partial charge in [0.2, 0.25) is 0 Å². The average Bonchev–Trinajstić information content (AvgIpc) is 2.78. The molecule has 1 atom stereocenters. The van der Waals surface area contributed by atoms with Gasteiger partial charge in [-0.1, -0.05) is 55.1 Å². The molecule has 5 heteroatoms. The van der Waals surface area contributed by atoms with Crippen LogP contribution in [0.3, 0.4) is 0 Å². The molecule has 1 aliphatic rings. The quantitative estimate of drug-likeness (QED) is 0.741. The number of nitrogens with one attached hydrogen (secondary N) is 1. The summed E-state index contributed by atoms with van der Waals surface area (Å²) < 4.78 is 0. The van der Waals surface area contributed by atoms with Gasteiger partial charge in [-0.2, -0.15) is 0 Å². The van der Waals surface area contributed by atoms with Crippen LogP contribution >= 0.6 is 0 Å². The monoisotopic (exact) mass is 310 g/mol. The van der Waals surface area contributed by atoms with E-state index in [4.69, 9.17) is 5.21 Å². The molecule has 1 aliphatic heterocycles. The lowest BCUT2D eigenvalue weighted by Crippen LogP contribution is -2.41. The zero-order valence-corrected chi connectivity index (χ0v) is 12.6. The topological polar surface area (TPSA) is 72.8 Å². The second-order valence-corrected chi connectivity index (χ2v) is 5.65. The third-order valence-electron chi connectivity index (χ3n) is 4.05. The molecule has 0 fully saturated rings. The van der Waals surface area contributed by atoms with Crippen LogP contribution in [0.15, 0.2) is 66.9 Å². The summed E-state index contributed by atoms with van der Waals surface area (Å²) in [6.07, 6.45) is -0.0926. The van der Waals surface area contributed by atoms with Gasteiger partial charge in [0, 0.05) is 17.7 Å². The maximum Gasteiger partial charge on any atom is 0.264 e. The minimum atomic E-state index is -1.72.